The van der Waals surface area contributed by atoms with Crippen molar-refractivity contribution in [2.75, 3.05) is 26.8 Å². The summed E-state index contributed by atoms with van der Waals surface area (Å²) in [7, 11) is 3.78. The Morgan fingerprint density at radius 3 is 2.39 bits per heavy atom. The number of piperidine rings is 1. The Hall–Kier alpha value is -2.83. The van der Waals surface area contributed by atoms with Crippen LogP contribution in [0, 0.1) is 13.8 Å². The lowest BCUT2D eigenvalue weighted by Crippen LogP contribution is -2.48. The normalized spacial score (nSPS) is 16.0. The highest BCUT2D eigenvalue weighted by Gasteiger charge is 2.35. The van der Waals surface area contributed by atoms with E-state index < -0.39 is 0 Å². The first-order valence-corrected chi connectivity index (χ1v) is 11.6. The molecule has 0 spiro atoms. The van der Waals surface area contributed by atoms with Crippen molar-refractivity contribution in [3.63, 3.8) is 0 Å². The highest BCUT2D eigenvalue weighted by molar-refractivity contribution is 5.35. The van der Waals surface area contributed by atoms with E-state index >= 15 is 0 Å². The minimum Gasteiger partial charge on any atom is -0.490 e. The van der Waals surface area contributed by atoms with Crippen LogP contribution in [0.3, 0.4) is 0 Å². The van der Waals surface area contributed by atoms with Gasteiger partial charge >= 0.3 is 0 Å². The zero-order chi connectivity index (χ0) is 23.3. The fourth-order valence-electron chi connectivity index (χ4n) is 4.33. The Labute approximate surface area is 197 Å². The number of likely N-dealkylation sites (tertiary alicyclic amines) is 1. The summed E-state index contributed by atoms with van der Waals surface area (Å²) in [5.74, 6) is 2.72. The molecule has 0 amide bonds. The van der Waals surface area contributed by atoms with Gasteiger partial charge in [0.15, 0.2) is 0 Å². The molecule has 6 heteroatoms. The number of methoxy groups -OCH3 is 1. The van der Waals surface area contributed by atoms with Crippen LogP contribution in [0.1, 0.15) is 35.4 Å². The first-order chi connectivity index (χ1) is 16.0. The quantitative estimate of drug-likeness (QED) is 0.475. The Balaban J connectivity index is 1.26. The predicted octanol–water partition coefficient (Wildman–Crippen LogP) is 4.68. The third-order valence-corrected chi connectivity index (χ3v) is 6.64. The van der Waals surface area contributed by atoms with E-state index in [4.69, 9.17) is 14.2 Å². The summed E-state index contributed by atoms with van der Waals surface area (Å²) in [6.45, 7) is 8.16. The van der Waals surface area contributed by atoms with Crippen LogP contribution < -0.4 is 9.47 Å². The van der Waals surface area contributed by atoms with E-state index in [-0.39, 0.29) is 5.60 Å². The Bertz CT molecular complexity index is 1040. The zero-order valence-corrected chi connectivity index (χ0v) is 20.2. The molecule has 2 aromatic carbocycles. The average molecular weight is 450 g/mol. The van der Waals surface area contributed by atoms with Crippen LogP contribution in [-0.4, -0.2) is 46.9 Å². The van der Waals surface area contributed by atoms with E-state index in [1.165, 1.54) is 16.7 Å². The third-order valence-electron chi connectivity index (χ3n) is 6.64. The molecule has 0 aliphatic carbocycles. The molecule has 4 rings (SSSR count). The fraction of sp³-hybridized carbons (Fsp3) is 0.444. The van der Waals surface area contributed by atoms with Gasteiger partial charge in [-0.25, -0.2) is 4.98 Å². The highest BCUT2D eigenvalue weighted by Crippen LogP contribution is 2.29. The summed E-state index contributed by atoms with van der Waals surface area (Å²) in [4.78, 5) is 6.78. The van der Waals surface area contributed by atoms with Crippen LogP contribution in [0.4, 0.5) is 0 Å². The molecular formula is C27H35N3O3. The number of hydrogen-bond acceptors (Lipinski definition) is 5. The number of rotatable bonds is 9. The second-order valence-corrected chi connectivity index (χ2v) is 9.11. The molecule has 3 aromatic rings. The number of aromatic nitrogens is 2. The lowest BCUT2D eigenvalue weighted by Gasteiger charge is -2.40. The van der Waals surface area contributed by atoms with E-state index in [1.54, 1.807) is 6.20 Å². The van der Waals surface area contributed by atoms with Gasteiger partial charge in [0.2, 0.25) is 0 Å². The summed E-state index contributed by atoms with van der Waals surface area (Å²) in [5, 5.41) is 0. The summed E-state index contributed by atoms with van der Waals surface area (Å²) < 4.78 is 20.0. The van der Waals surface area contributed by atoms with Crippen molar-refractivity contribution in [2.45, 2.75) is 45.4 Å². The second-order valence-electron chi connectivity index (χ2n) is 9.11. The Kier molecular flexibility index (Phi) is 7.36. The summed E-state index contributed by atoms with van der Waals surface area (Å²) in [6.07, 6.45) is 5.63. The molecule has 1 aliphatic heterocycles. The number of imidazole rings is 1. The van der Waals surface area contributed by atoms with E-state index in [2.05, 4.69) is 54.1 Å². The lowest BCUT2D eigenvalue weighted by atomic mass is 9.91. The van der Waals surface area contributed by atoms with Crippen LogP contribution in [0.15, 0.2) is 54.9 Å². The van der Waals surface area contributed by atoms with Gasteiger partial charge in [0.05, 0.1) is 0 Å². The molecule has 0 N–H and O–H groups in total. The maximum Gasteiger partial charge on any atom is 0.146 e. The molecule has 176 valence electrons. The first kappa shape index (κ1) is 23.3. The smallest absolute Gasteiger partial charge is 0.146 e. The van der Waals surface area contributed by atoms with Crippen LogP contribution in [0.5, 0.6) is 11.5 Å². The van der Waals surface area contributed by atoms with Crippen molar-refractivity contribution in [3.8, 4) is 11.5 Å². The molecule has 2 heterocycles. The molecule has 1 aliphatic rings. The van der Waals surface area contributed by atoms with Gasteiger partial charge in [0.1, 0.15) is 36.1 Å². The minimum absolute atomic E-state index is 0.226. The third kappa shape index (κ3) is 5.95. The molecule has 1 saturated heterocycles. The number of aryl methyl sites for hydroxylation is 3. The van der Waals surface area contributed by atoms with E-state index in [0.717, 1.165) is 49.8 Å². The van der Waals surface area contributed by atoms with Gasteiger partial charge in [-0.2, -0.15) is 0 Å². The van der Waals surface area contributed by atoms with Crippen molar-refractivity contribution in [2.24, 2.45) is 7.05 Å². The Morgan fingerprint density at radius 1 is 1.00 bits per heavy atom. The molecule has 0 bridgehead atoms. The van der Waals surface area contributed by atoms with Crippen molar-refractivity contribution in [3.05, 3.63) is 77.4 Å². The second kappa shape index (κ2) is 10.4. The molecule has 33 heavy (non-hydrogen) atoms. The molecule has 1 aromatic heterocycles. The molecule has 0 saturated carbocycles. The van der Waals surface area contributed by atoms with Gasteiger partial charge in [0.25, 0.3) is 0 Å². The van der Waals surface area contributed by atoms with E-state index in [0.29, 0.717) is 13.2 Å². The Morgan fingerprint density at radius 2 is 1.76 bits per heavy atom. The molecule has 0 radical (unpaired) electrons. The fourth-order valence-corrected chi connectivity index (χ4v) is 4.33. The number of hydrogen-bond donors (Lipinski definition) is 0. The number of benzene rings is 2. The van der Waals surface area contributed by atoms with Gasteiger partial charge in [-0.05, 0) is 56.0 Å². The lowest BCUT2D eigenvalue weighted by molar-refractivity contribution is -0.0840. The van der Waals surface area contributed by atoms with Gasteiger partial charge in [-0.3, -0.25) is 4.90 Å². The molecule has 0 unspecified atom stereocenters. The van der Waals surface area contributed by atoms with Crippen LogP contribution in [0.25, 0.3) is 0 Å². The van der Waals surface area contributed by atoms with Crippen LogP contribution in [-0.2, 0) is 24.9 Å². The largest absolute Gasteiger partial charge is 0.490 e. The van der Waals surface area contributed by atoms with Gasteiger partial charge in [-0.1, -0.05) is 29.8 Å². The van der Waals surface area contributed by atoms with Gasteiger partial charge < -0.3 is 18.8 Å². The predicted molar refractivity (Wildman–Crippen MR) is 130 cm³/mol. The van der Waals surface area contributed by atoms with Crippen molar-refractivity contribution >= 4 is 0 Å². The minimum atomic E-state index is -0.226. The molecule has 6 nitrogen and oxygen atoms in total. The standard InChI is InChI=1S/C27H35N3O3/c1-21-5-10-25(22(2)17-21)33-20-27(31-4)11-14-30(15-12-27)18-23-6-8-24(9-7-23)32-19-26-28-13-16-29(26)3/h5-10,13,16-17H,11-12,14-15,18-20H2,1-4H3. The van der Waals surface area contributed by atoms with Gasteiger partial charge in [-0.15, -0.1) is 0 Å². The van der Waals surface area contributed by atoms with Crippen LogP contribution in [0.2, 0.25) is 0 Å². The summed E-state index contributed by atoms with van der Waals surface area (Å²) >= 11 is 0. The average Bonchev–Trinajstić information content (AvgIpc) is 3.24. The van der Waals surface area contributed by atoms with Crippen molar-refractivity contribution in [1.82, 2.24) is 14.5 Å². The SMILES string of the molecule is COC1(COc2ccc(C)cc2C)CCN(Cc2ccc(OCc3nccn3C)cc2)CC1. The van der Waals surface area contributed by atoms with Gasteiger partial charge in [0, 0.05) is 46.2 Å². The number of ether oxygens (including phenoxy) is 3. The molecule has 0 atom stereocenters. The highest BCUT2D eigenvalue weighted by atomic mass is 16.5. The van der Waals surface area contributed by atoms with Crippen LogP contribution >= 0.6 is 0 Å². The molecule has 1 fully saturated rings. The molecular weight excluding hydrogens is 414 g/mol. The van der Waals surface area contributed by atoms with E-state index in [9.17, 15) is 0 Å². The van der Waals surface area contributed by atoms with E-state index in [1.807, 2.05) is 37.1 Å². The first-order valence-electron chi connectivity index (χ1n) is 11.6. The maximum atomic E-state index is 6.19. The van der Waals surface area contributed by atoms with Crippen molar-refractivity contribution < 1.29 is 14.2 Å². The summed E-state index contributed by atoms with van der Waals surface area (Å²) in [6, 6.07) is 14.7. The topological polar surface area (TPSA) is 48.8 Å². The van der Waals surface area contributed by atoms with Crippen molar-refractivity contribution in [1.29, 1.82) is 0 Å². The number of nitrogens with zero attached hydrogens (tertiary/aromatic N) is 3. The summed E-state index contributed by atoms with van der Waals surface area (Å²) in [5.41, 5.74) is 3.49. The zero-order valence-electron chi connectivity index (χ0n) is 20.2. The maximum absolute atomic E-state index is 6.19. The monoisotopic (exact) mass is 449 g/mol.